The fourth-order valence-electron chi connectivity index (χ4n) is 11.7. The first-order valence-corrected chi connectivity index (χ1v) is 17.8. The van der Waals surface area contributed by atoms with Gasteiger partial charge < -0.3 is 31.3 Å². The van der Waals surface area contributed by atoms with Gasteiger partial charge in [0.15, 0.2) is 0 Å². The Bertz CT molecular complexity index is 723. The van der Waals surface area contributed by atoms with E-state index in [-0.39, 0.29) is 46.7 Å². The van der Waals surface area contributed by atoms with Crippen LogP contribution in [0.4, 0.5) is 0 Å². The van der Waals surface area contributed by atoms with Gasteiger partial charge in [0.25, 0.3) is 0 Å². The van der Waals surface area contributed by atoms with E-state index in [4.69, 9.17) is 10.6 Å². The minimum atomic E-state index is 0. The van der Waals surface area contributed by atoms with Gasteiger partial charge in [0.1, 0.15) is 0 Å². The molecule has 10 heteroatoms. The van der Waals surface area contributed by atoms with Gasteiger partial charge in [-0.15, -0.1) is 0 Å². The van der Waals surface area contributed by atoms with Crippen LogP contribution in [0.2, 0.25) is 0 Å². The number of hydrogen-bond acceptors (Lipinski definition) is 6. The SMILES string of the molecule is C1CCC2C3[N-]C(NC4[N-]C(NC5NC(NC6NC(N3)C3CCCCC63)C3CCCCC53)C3CCCCC43)C2C1.[Al+3].[F-]. The molecule has 4 saturated carbocycles. The molecular formula is C32H54AlFN8. The van der Waals surface area contributed by atoms with Gasteiger partial charge in [-0.2, -0.15) is 0 Å². The molecule has 5 saturated heterocycles. The maximum atomic E-state index is 5.60. The van der Waals surface area contributed by atoms with Crippen LogP contribution in [-0.2, 0) is 0 Å². The van der Waals surface area contributed by atoms with Gasteiger partial charge in [-0.05, 0) is 73.0 Å². The van der Waals surface area contributed by atoms with Crippen molar-refractivity contribution in [2.75, 3.05) is 0 Å². The van der Waals surface area contributed by atoms with Crippen LogP contribution in [0.15, 0.2) is 0 Å². The zero-order valence-electron chi connectivity index (χ0n) is 25.4. The number of rotatable bonds is 0. The monoisotopic (exact) mass is 596 g/mol. The Kier molecular flexibility index (Phi) is 9.33. The molecule has 8 nitrogen and oxygen atoms in total. The molecule has 9 rings (SSSR count). The molecule has 232 valence electrons. The summed E-state index contributed by atoms with van der Waals surface area (Å²) >= 11 is 0. The molecule has 8 bridgehead atoms. The van der Waals surface area contributed by atoms with Gasteiger partial charge >= 0.3 is 17.4 Å². The molecule has 9 aliphatic rings. The third kappa shape index (κ3) is 5.26. The largest absolute Gasteiger partial charge is 3.00 e. The minimum Gasteiger partial charge on any atom is -1.00 e. The first-order valence-electron chi connectivity index (χ1n) is 17.8. The Balaban J connectivity index is 0.00000144. The molecule has 9 fully saturated rings. The fourth-order valence-corrected chi connectivity index (χ4v) is 11.7. The summed E-state index contributed by atoms with van der Waals surface area (Å²) in [5.74, 6) is 5.59. The third-order valence-electron chi connectivity index (χ3n) is 13.6. The second kappa shape index (κ2) is 12.7. The van der Waals surface area contributed by atoms with Gasteiger partial charge in [0, 0.05) is 0 Å². The normalized spacial score (nSPS) is 54.9. The van der Waals surface area contributed by atoms with Crippen LogP contribution in [0.3, 0.4) is 0 Å². The van der Waals surface area contributed by atoms with Crippen molar-refractivity contribution in [3.8, 4) is 0 Å². The summed E-state index contributed by atoms with van der Waals surface area (Å²) in [6, 6.07) is 0. The van der Waals surface area contributed by atoms with Crippen LogP contribution in [0, 0.1) is 47.3 Å². The van der Waals surface area contributed by atoms with E-state index in [0.717, 1.165) is 23.7 Å². The van der Waals surface area contributed by atoms with E-state index in [1.807, 2.05) is 0 Å². The number of fused-ring (bicyclic) bond motifs is 20. The number of halogens is 1. The van der Waals surface area contributed by atoms with Crippen molar-refractivity contribution in [2.45, 2.75) is 152 Å². The summed E-state index contributed by atoms with van der Waals surface area (Å²) in [5.41, 5.74) is 0. The molecular weight excluding hydrogens is 542 g/mol. The predicted molar refractivity (Wildman–Crippen MR) is 163 cm³/mol. The average molecular weight is 597 g/mol. The first kappa shape index (κ1) is 30.8. The van der Waals surface area contributed by atoms with Crippen molar-refractivity contribution < 1.29 is 4.70 Å². The van der Waals surface area contributed by atoms with Gasteiger partial charge in [0.2, 0.25) is 0 Å². The van der Waals surface area contributed by atoms with Crippen molar-refractivity contribution >= 4 is 17.4 Å². The van der Waals surface area contributed by atoms with Crippen LogP contribution < -0.4 is 36.6 Å². The fraction of sp³-hybridized carbons (Fsp3) is 1.00. The smallest absolute Gasteiger partial charge is 1.00 e. The molecule has 16 unspecified atom stereocenters. The quantitative estimate of drug-likeness (QED) is 0.232. The zero-order valence-corrected chi connectivity index (χ0v) is 26.6. The summed E-state index contributed by atoms with van der Waals surface area (Å²) in [6.07, 6.45) is 24.5. The van der Waals surface area contributed by atoms with Crippen LogP contribution in [0.5, 0.6) is 0 Å². The van der Waals surface area contributed by atoms with Gasteiger partial charge in [-0.3, -0.25) is 16.0 Å². The van der Waals surface area contributed by atoms with Crippen molar-refractivity contribution in [1.82, 2.24) is 31.9 Å². The summed E-state index contributed by atoms with van der Waals surface area (Å²) < 4.78 is 0. The Morgan fingerprint density at radius 2 is 0.548 bits per heavy atom. The van der Waals surface area contributed by atoms with Crippen LogP contribution in [-0.4, -0.2) is 66.7 Å². The molecule has 0 aromatic rings. The van der Waals surface area contributed by atoms with Crippen LogP contribution in [0.1, 0.15) is 103 Å². The van der Waals surface area contributed by atoms with Crippen molar-refractivity contribution in [3.05, 3.63) is 10.6 Å². The molecule has 0 aromatic heterocycles. The maximum Gasteiger partial charge on any atom is 3.00 e. The van der Waals surface area contributed by atoms with E-state index in [9.17, 15) is 0 Å². The summed E-state index contributed by atoms with van der Waals surface area (Å²) in [4.78, 5) is 0. The molecule has 5 heterocycles. The Morgan fingerprint density at radius 3 is 0.857 bits per heavy atom. The molecule has 6 N–H and O–H groups in total. The molecule has 0 spiro atoms. The third-order valence-corrected chi connectivity index (χ3v) is 13.6. The predicted octanol–water partition coefficient (Wildman–Crippen LogP) is 0.797. The van der Waals surface area contributed by atoms with E-state index in [1.54, 1.807) is 0 Å². The summed E-state index contributed by atoms with van der Waals surface area (Å²) in [6.45, 7) is 0. The Morgan fingerprint density at radius 1 is 0.310 bits per heavy atom. The number of hydrogen-bond donors (Lipinski definition) is 6. The van der Waals surface area contributed by atoms with E-state index >= 15 is 0 Å². The van der Waals surface area contributed by atoms with Crippen molar-refractivity contribution in [2.24, 2.45) is 47.3 Å². The molecule has 0 radical (unpaired) electrons. The first-order chi connectivity index (χ1) is 19.8. The molecule has 16 atom stereocenters. The number of nitrogens with one attached hydrogen (secondary N) is 6. The molecule has 0 aromatic carbocycles. The molecule has 5 aliphatic heterocycles. The topological polar surface area (TPSA) is 100 Å². The van der Waals surface area contributed by atoms with Gasteiger partial charge in [-0.25, -0.2) is 0 Å². The van der Waals surface area contributed by atoms with Crippen LogP contribution >= 0.6 is 0 Å². The Hall–Kier alpha value is 0.142. The standard InChI is InChI=1S/C32H54N8.Al.FH/c1-2-10-18-17(9-1)25-33-26(18)38-28-21-13-5-6-14-22(21)30(35-28)40-32-24-16-8-7-15-23(24)31(36-32)39-29-20-12-4-3-11-19(20)27(34-29)37-25;;/h17-34,37-40H,1-16H2;;1H/q-2;+3;/p-1. The number of nitrogens with zero attached hydrogens (tertiary/aromatic N) is 2. The molecule has 42 heavy (non-hydrogen) atoms. The van der Waals surface area contributed by atoms with Crippen molar-refractivity contribution in [3.63, 3.8) is 0 Å². The zero-order chi connectivity index (χ0) is 26.2. The second-order valence-electron chi connectivity index (χ2n) is 15.4. The average Bonchev–Trinajstić information content (AvgIpc) is 3.73. The van der Waals surface area contributed by atoms with E-state index in [0.29, 0.717) is 48.3 Å². The van der Waals surface area contributed by atoms with E-state index < -0.39 is 0 Å². The van der Waals surface area contributed by atoms with E-state index in [2.05, 4.69) is 31.9 Å². The Labute approximate surface area is 263 Å². The second-order valence-corrected chi connectivity index (χ2v) is 15.4. The summed E-state index contributed by atoms with van der Waals surface area (Å²) in [5, 5.41) is 36.3. The minimum absolute atomic E-state index is 0. The molecule has 4 aliphatic carbocycles. The summed E-state index contributed by atoms with van der Waals surface area (Å²) in [7, 11) is 0. The van der Waals surface area contributed by atoms with Gasteiger partial charge in [0.05, 0.1) is 24.7 Å². The van der Waals surface area contributed by atoms with Crippen molar-refractivity contribution in [1.29, 1.82) is 0 Å². The molecule has 0 amide bonds. The van der Waals surface area contributed by atoms with Crippen LogP contribution in [0.25, 0.3) is 10.6 Å². The van der Waals surface area contributed by atoms with Gasteiger partial charge in [-0.1, -0.05) is 102 Å². The maximum absolute atomic E-state index is 5.60. The van der Waals surface area contributed by atoms with E-state index in [1.165, 1.54) is 103 Å².